The van der Waals surface area contributed by atoms with Crippen LogP contribution in [0.2, 0.25) is 0 Å². The van der Waals surface area contributed by atoms with E-state index in [9.17, 15) is 0 Å². The Kier molecular flexibility index (Phi) is 8.31. The fourth-order valence-corrected chi connectivity index (χ4v) is 2.48. The third kappa shape index (κ3) is 5.51. The van der Waals surface area contributed by atoms with Crippen molar-refractivity contribution >= 4 is 5.69 Å². The molecule has 3 heteroatoms. The molecule has 1 rings (SSSR count). The first-order valence-corrected chi connectivity index (χ1v) is 7.77. The van der Waals surface area contributed by atoms with Crippen molar-refractivity contribution in [1.29, 1.82) is 0 Å². The fourth-order valence-electron chi connectivity index (χ4n) is 2.48. The molecule has 1 aromatic carbocycles. The lowest BCUT2D eigenvalue weighted by molar-refractivity contribution is 0.199. The van der Waals surface area contributed by atoms with E-state index in [4.69, 9.17) is 4.74 Å². The van der Waals surface area contributed by atoms with Crippen molar-refractivity contribution in [2.24, 2.45) is 0 Å². The predicted octanol–water partition coefficient (Wildman–Crippen LogP) is 3.36. The summed E-state index contributed by atoms with van der Waals surface area (Å²) in [4.78, 5) is 2.50. The molecule has 0 saturated heterocycles. The molecule has 0 radical (unpaired) electrons. The van der Waals surface area contributed by atoms with Crippen LogP contribution in [0.15, 0.2) is 18.2 Å². The average Bonchev–Trinajstić information content (AvgIpc) is 2.44. The summed E-state index contributed by atoms with van der Waals surface area (Å²) < 4.78 is 5.04. The SMILES string of the molecule is CCCN(CCC)c1ccc(CNCCOC)cc1C. The Morgan fingerprint density at radius 3 is 2.40 bits per heavy atom. The smallest absolute Gasteiger partial charge is 0.0587 e. The van der Waals surface area contributed by atoms with Crippen LogP contribution in [-0.4, -0.2) is 33.4 Å². The molecule has 0 fully saturated rings. The lowest BCUT2D eigenvalue weighted by atomic mass is 10.1. The fraction of sp³-hybridized carbons (Fsp3) is 0.647. The first kappa shape index (κ1) is 17.0. The predicted molar refractivity (Wildman–Crippen MR) is 87.6 cm³/mol. The highest BCUT2D eigenvalue weighted by atomic mass is 16.5. The first-order chi connectivity index (χ1) is 9.72. The van der Waals surface area contributed by atoms with Crippen LogP contribution in [0.25, 0.3) is 0 Å². The number of nitrogens with zero attached hydrogens (tertiary/aromatic N) is 1. The molecule has 0 aliphatic rings. The minimum atomic E-state index is 0.762. The third-order valence-electron chi connectivity index (χ3n) is 3.40. The Labute approximate surface area is 124 Å². The number of rotatable bonds is 10. The van der Waals surface area contributed by atoms with E-state index >= 15 is 0 Å². The number of methoxy groups -OCH3 is 1. The van der Waals surface area contributed by atoms with Crippen molar-refractivity contribution < 1.29 is 4.74 Å². The largest absolute Gasteiger partial charge is 0.383 e. The zero-order valence-corrected chi connectivity index (χ0v) is 13.5. The summed E-state index contributed by atoms with van der Waals surface area (Å²) in [6.07, 6.45) is 2.39. The molecule has 0 aliphatic heterocycles. The maximum Gasteiger partial charge on any atom is 0.0587 e. The molecular weight excluding hydrogens is 248 g/mol. The van der Waals surface area contributed by atoms with Crippen LogP contribution in [0, 0.1) is 6.92 Å². The van der Waals surface area contributed by atoms with Crippen LogP contribution in [0.4, 0.5) is 5.69 Å². The van der Waals surface area contributed by atoms with Gasteiger partial charge in [-0.1, -0.05) is 26.0 Å². The highest BCUT2D eigenvalue weighted by molar-refractivity contribution is 5.54. The molecular formula is C17H30N2O. The van der Waals surface area contributed by atoms with Crippen LogP contribution < -0.4 is 10.2 Å². The Balaban J connectivity index is 2.65. The number of ether oxygens (including phenoxy) is 1. The van der Waals surface area contributed by atoms with Crippen molar-refractivity contribution in [3.05, 3.63) is 29.3 Å². The molecule has 0 aromatic heterocycles. The molecule has 0 unspecified atom stereocenters. The van der Waals surface area contributed by atoms with Crippen LogP contribution >= 0.6 is 0 Å². The highest BCUT2D eigenvalue weighted by Gasteiger charge is 2.08. The van der Waals surface area contributed by atoms with Gasteiger partial charge in [0.25, 0.3) is 0 Å². The van der Waals surface area contributed by atoms with Gasteiger partial charge in [-0.05, 0) is 37.0 Å². The van der Waals surface area contributed by atoms with Crippen molar-refractivity contribution in [3.63, 3.8) is 0 Å². The molecule has 0 spiro atoms. The van der Waals surface area contributed by atoms with E-state index < -0.39 is 0 Å². The Hall–Kier alpha value is -1.06. The molecule has 0 saturated carbocycles. The second-order valence-electron chi connectivity index (χ2n) is 5.28. The number of aryl methyl sites for hydroxylation is 1. The van der Waals surface area contributed by atoms with Gasteiger partial charge in [0.1, 0.15) is 0 Å². The zero-order valence-electron chi connectivity index (χ0n) is 13.5. The monoisotopic (exact) mass is 278 g/mol. The molecule has 20 heavy (non-hydrogen) atoms. The van der Waals surface area contributed by atoms with Gasteiger partial charge in [0.2, 0.25) is 0 Å². The zero-order chi connectivity index (χ0) is 14.8. The molecule has 0 bridgehead atoms. The van der Waals surface area contributed by atoms with E-state index in [1.807, 2.05) is 0 Å². The molecule has 0 atom stereocenters. The quantitative estimate of drug-likeness (QED) is 0.664. The van der Waals surface area contributed by atoms with Gasteiger partial charge >= 0.3 is 0 Å². The van der Waals surface area contributed by atoms with Crippen LogP contribution in [0.1, 0.15) is 37.8 Å². The summed E-state index contributed by atoms with van der Waals surface area (Å²) in [7, 11) is 1.73. The third-order valence-corrected chi connectivity index (χ3v) is 3.40. The van der Waals surface area contributed by atoms with E-state index in [1.165, 1.54) is 29.7 Å². The van der Waals surface area contributed by atoms with Gasteiger partial charge in [-0.2, -0.15) is 0 Å². The molecule has 0 heterocycles. The van der Waals surface area contributed by atoms with Crippen LogP contribution in [0.3, 0.4) is 0 Å². The van der Waals surface area contributed by atoms with E-state index in [-0.39, 0.29) is 0 Å². The number of hydrogen-bond acceptors (Lipinski definition) is 3. The second kappa shape index (κ2) is 9.78. The summed E-state index contributed by atoms with van der Waals surface area (Å²) in [5, 5.41) is 3.39. The summed E-state index contributed by atoms with van der Waals surface area (Å²) in [6, 6.07) is 6.81. The molecule has 1 N–H and O–H groups in total. The Bertz CT molecular complexity index is 373. The molecule has 0 aliphatic carbocycles. The van der Waals surface area contributed by atoms with E-state index in [0.29, 0.717) is 0 Å². The van der Waals surface area contributed by atoms with Gasteiger partial charge in [0.05, 0.1) is 6.61 Å². The maximum absolute atomic E-state index is 5.04. The maximum atomic E-state index is 5.04. The lowest BCUT2D eigenvalue weighted by Crippen LogP contribution is -2.25. The van der Waals surface area contributed by atoms with Crippen molar-refractivity contribution in [2.75, 3.05) is 38.3 Å². The van der Waals surface area contributed by atoms with Gasteiger partial charge in [-0.25, -0.2) is 0 Å². The highest BCUT2D eigenvalue weighted by Crippen LogP contribution is 2.22. The number of hydrogen-bond donors (Lipinski definition) is 1. The van der Waals surface area contributed by atoms with Gasteiger partial charge in [0.15, 0.2) is 0 Å². The Morgan fingerprint density at radius 2 is 1.85 bits per heavy atom. The van der Waals surface area contributed by atoms with Gasteiger partial charge in [-0.15, -0.1) is 0 Å². The van der Waals surface area contributed by atoms with Crippen molar-refractivity contribution in [1.82, 2.24) is 5.32 Å². The van der Waals surface area contributed by atoms with Crippen LogP contribution in [0.5, 0.6) is 0 Å². The minimum Gasteiger partial charge on any atom is -0.383 e. The minimum absolute atomic E-state index is 0.762. The van der Waals surface area contributed by atoms with Crippen molar-refractivity contribution in [3.8, 4) is 0 Å². The van der Waals surface area contributed by atoms with Gasteiger partial charge in [0, 0.05) is 39.0 Å². The first-order valence-electron chi connectivity index (χ1n) is 7.77. The number of nitrogens with one attached hydrogen (secondary N) is 1. The van der Waals surface area contributed by atoms with Gasteiger partial charge < -0.3 is 15.0 Å². The average molecular weight is 278 g/mol. The number of anilines is 1. The molecule has 1 aromatic rings. The van der Waals surface area contributed by atoms with Crippen LogP contribution in [-0.2, 0) is 11.3 Å². The summed E-state index contributed by atoms with van der Waals surface area (Å²) in [6.45, 7) is 11.5. The molecule has 114 valence electrons. The van der Waals surface area contributed by atoms with E-state index in [1.54, 1.807) is 7.11 Å². The summed E-state index contributed by atoms with van der Waals surface area (Å²) in [5.74, 6) is 0. The topological polar surface area (TPSA) is 24.5 Å². The Morgan fingerprint density at radius 1 is 1.15 bits per heavy atom. The standard InChI is InChI=1S/C17H30N2O/c1-5-10-19(11-6-2)17-8-7-16(13-15(17)3)14-18-9-12-20-4/h7-8,13,18H,5-6,9-12,14H2,1-4H3. The second-order valence-corrected chi connectivity index (χ2v) is 5.28. The number of benzene rings is 1. The molecule has 0 amide bonds. The van der Waals surface area contributed by atoms with Gasteiger partial charge in [-0.3, -0.25) is 0 Å². The lowest BCUT2D eigenvalue weighted by Gasteiger charge is -2.26. The summed E-state index contributed by atoms with van der Waals surface area (Å²) >= 11 is 0. The van der Waals surface area contributed by atoms with Crippen molar-refractivity contribution in [2.45, 2.75) is 40.2 Å². The summed E-state index contributed by atoms with van der Waals surface area (Å²) in [5.41, 5.74) is 4.10. The normalized spacial score (nSPS) is 10.8. The van der Waals surface area contributed by atoms with E-state index in [2.05, 4.69) is 49.2 Å². The van der Waals surface area contributed by atoms with E-state index in [0.717, 1.165) is 32.8 Å². The molecule has 3 nitrogen and oxygen atoms in total.